The number of rotatable bonds is 5. The molecule has 0 saturated carbocycles. The Morgan fingerprint density at radius 1 is 1.32 bits per heavy atom. The summed E-state index contributed by atoms with van der Waals surface area (Å²) in [6.45, 7) is 1.31. The van der Waals surface area contributed by atoms with E-state index in [1.54, 1.807) is 15.6 Å². The highest BCUT2D eigenvalue weighted by atomic mass is 32.2. The van der Waals surface area contributed by atoms with Crippen LogP contribution in [0, 0.1) is 18.6 Å². The van der Waals surface area contributed by atoms with Crippen LogP contribution in [0.15, 0.2) is 27.9 Å². The van der Waals surface area contributed by atoms with Crippen LogP contribution in [0.5, 0.6) is 0 Å². The molecular formula is C13H12F2N2O3S2. The highest BCUT2D eigenvalue weighted by Crippen LogP contribution is 2.19. The number of sulfonamides is 1. The predicted octanol–water partition coefficient (Wildman–Crippen LogP) is 2.17. The Morgan fingerprint density at radius 2 is 2.05 bits per heavy atom. The van der Waals surface area contributed by atoms with Gasteiger partial charge in [-0.2, -0.15) is 0 Å². The maximum absolute atomic E-state index is 13.7. The molecule has 0 aliphatic carbocycles. The van der Waals surface area contributed by atoms with E-state index in [1.807, 2.05) is 0 Å². The molecule has 1 N–H and O–H groups in total. The van der Waals surface area contributed by atoms with Gasteiger partial charge >= 0.3 is 0 Å². The lowest BCUT2D eigenvalue weighted by Gasteiger charge is -2.08. The van der Waals surface area contributed by atoms with Gasteiger partial charge in [-0.15, -0.1) is 11.3 Å². The van der Waals surface area contributed by atoms with Crippen molar-refractivity contribution in [3.63, 3.8) is 0 Å². The summed E-state index contributed by atoms with van der Waals surface area (Å²) < 4.78 is 52.7. The number of nitrogens with one attached hydrogen (secondary N) is 1. The molecule has 5 nitrogen and oxygen atoms in total. The number of carbonyl (C=O) groups excluding carboxylic acids is 1. The van der Waals surface area contributed by atoms with Gasteiger partial charge in [-0.1, -0.05) is 0 Å². The van der Waals surface area contributed by atoms with E-state index in [4.69, 9.17) is 0 Å². The van der Waals surface area contributed by atoms with Crippen molar-refractivity contribution in [2.24, 2.45) is 0 Å². The number of carbonyl (C=O) groups is 1. The summed E-state index contributed by atoms with van der Waals surface area (Å²) in [6.07, 6.45) is 0.133. The highest BCUT2D eigenvalue weighted by Gasteiger charge is 2.23. The molecule has 0 saturated heterocycles. The molecule has 2 aromatic rings. The van der Waals surface area contributed by atoms with E-state index in [0.717, 1.165) is 6.07 Å². The highest BCUT2D eigenvalue weighted by molar-refractivity contribution is 7.90. The average Bonchev–Trinajstić information content (AvgIpc) is 2.93. The molecule has 2 rings (SSSR count). The van der Waals surface area contributed by atoms with Crippen molar-refractivity contribution in [2.75, 3.05) is 0 Å². The molecule has 0 unspecified atom stereocenters. The summed E-state index contributed by atoms with van der Waals surface area (Å²) in [7, 11) is -4.45. The number of hydrogen-bond donors (Lipinski definition) is 1. The molecular weight excluding hydrogens is 334 g/mol. The average molecular weight is 346 g/mol. The molecule has 0 aliphatic heterocycles. The van der Waals surface area contributed by atoms with E-state index in [0.29, 0.717) is 11.8 Å². The number of amides is 1. The molecule has 0 radical (unpaired) electrons. The fourth-order valence-corrected chi connectivity index (χ4v) is 3.37. The van der Waals surface area contributed by atoms with Crippen molar-refractivity contribution in [3.05, 3.63) is 45.9 Å². The van der Waals surface area contributed by atoms with Gasteiger partial charge < -0.3 is 0 Å². The third kappa shape index (κ3) is 3.86. The summed E-state index contributed by atoms with van der Waals surface area (Å²) in [5, 5.41) is 1.73. The maximum Gasteiger partial charge on any atom is 0.267 e. The second-order valence-corrected chi connectivity index (χ2v) is 6.91. The Balaban J connectivity index is 2.10. The fourth-order valence-electron chi connectivity index (χ4n) is 1.69. The topological polar surface area (TPSA) is 76.1 Å². The number of hydrogen-bond acceptors (Lipinski definition) is 5. The van der Waals surface area contributed by atoms with Gasteiger partial charge in [0.1, 0.15) is 16.5 Å². The Kier molecular flexibility index (Phi) is 4.87. The van der Waals surface area contributed by atoms with Crippen molar-refractivity contribution in [1.29, 1.82) is 0 Å². The first-order chi connectivity index (χ1) is 10.3. The molecule has 0 spiro atoms. The van der Waals surface area contributed by atoms with Crippen LogP contribution in [0.2, 0.25) is 0 Å². The first-order valence-electron chi connectivity index (χ1n) is 6.18. The summed E-state index contributed by atoms with van der Waals surface area (Å²) in [5.41, 5.74) is 2.23. The minimum Gasteiger partial charge on any atom is -0.274 e. The number of halogens is 2. The summed E-state index contributed by atoms with van der Waals surface area (Å²) in [4.78, 5) is 14.7. The van der Waals surface area contributed by atoms with Gasteiger partial charge in [0.25, 0.3) is 10.0 Å². The van der Waals surface area contributed by atoms with Crippen LogP contribution in [-0.4, -0.2) is 19.3 Å². The lowest BCUT2D eigenvalue weighted by atomic mass is 10.2. The first-order valence-corrected chi connectivity index (χ1v) is 8.60. The van der Waals surface area contributed by atoms with E-state index in [2.05, 4.69) is 4.98 Å². The molecule has 0 atom stereocenters. The van der Waals surface area contributed by atoms with Gasteiger partial charge in [-0.3, -0.25) is 4.79 Å². The van der Waals surface area contributed by atoms with E-state index in [-0.39, 0.29) is 18.4 Å². The maximum atomic E-state index is 13.7. The molecule has 1 amide bonds. The number of nitrogens with zero attached hydrogens (tertiary/aromatic N) is 1. The second kappa shape index (κ2) is 6.49. The van der Waals surface area contributed by atoms with Gasteiger partial charge in [0.05, 0.1) is 11.2 Å². The van der Waals surface area contributed by atoms with Crippen molar-refractivity contribution < 1.29 is 22.0 Å². The molecule has 1 aromatic heterocycles. The molecule has 22 heavy (non-hydrogen) atoms. The molecule has 0 aliphatic rings. The van der Waals surface area contributed by atoms with Gasteiger partial charge in [-0.25, -0.2) is 26.9 Å². The van der Waals surface area contributed by atoms with Crippen LogP contribution in [0.1, 0.15) is 17.7 Å². The van der Waals surface area contributed by atoms with Gasteiger partial charge in [0.2, 0.25) is 5.91 Å². The van der Waals surface area contributed by atoms with Crippen molar-refractivity contribution in [3.8, 4) is 0 Å². The zero-order valence-corrected chi connectivity index (χ0v) is 13.1. The lowest BCUT2D eigenvalue weighted by molar-refractivity contribution is -0.119. The monoisotopic (exact) mass is 346 g/mol. The number of aromatic nitrogens is 1. The van der Waals surface area contributed by atoms with Crippen LogP contribution in [0.4, 0.5) is 8.78 Å². The van der Waals surface area contributed by atoms with Crippen molar-refractivity contribution >= 4 is 27.3 Å². The molecule has 1 heterocycles. The SMILES string of the molecule is Cc1cc(F)c(S(=O)(=O)NC(=O)CCc2cscn2)cc1F. The standard InChI is InChI=1S/C13H12F2N2O3S2/c1-8-4-11(15)12(5-10(8)14)22(19,20)17-13(18)3-2-9-6-21-7-16-9/h4-7H,2-3H2,1H3,(H,17,18). The molecule has 9 heteroatoms. The van der Waals surface area contributed by atoms with Crippen molar-refractivity contribution in [1.82, 2.24) is 9.71 Å². The van der Waals surface area contributed by atoms with Gasteiger partial charge in [0, 0.05) is 11.8 Å². The minimum absolute atomic E-state index is 0.0219. The summed E-state index contributed by atoms with van der Waals surface area (Å²) in [5.74, 6) is -2.79. The zero-order chi connectivity index (χ0) is 16.3. The molecule has 118 valence electrons. The van der Waals surface area contributed by atoms with Gasteiger partial charge in [0.15, 0.2) is 0 Å². The number of thiazole rings is 1. The van der Waals surface area contributed by atoms with Crippen molar-refractivity contribution in [2.45, 2.75) is 24.7 Å². The minimum atomic E-state index is -4.45. The third-order valence-electron chi connectivity index (χ3n) is 2.84. The Morgan fingerprint density at radius 3 is 2.68 bits per heavy atom. The zero-order valence-electron chi connectivity index (χ0n) is 11.5. The van der Waals surface area contributed by atoms with Crippen LogP contribution in [-0.2, 0) is 21.2 Å². The molecule has 0 fully saturated rings. The van der Waals surface area contributed by atoms with Crippen LogP contribution < -0.4 is 4.72 Å². The molecule has 1 aromatic carbocycles. The van der Waals surface area contributed by atoms with E-state index >= 15 is 0 Å². The number of aryl methyl sites for hydroxylation is 2. The molecule has 0 bridgehead atoms. The smallest absolute Gasteiger partial charge is 0.267 e. The van der Waals surface area contributed by atoms with Crippen LogP contribution >= 0.6 is 11.3 Å². The normalized spacial score (nSPS) is 11.4. The summed E-state index contributed by atoms with van der Waals surface area (Å²) in [6, 6.07) is 1.32. The Labute approximate surface area is 130 Å². The Hall–Kier alpha value is -1.87. The number of benzene rings is 1. The predicted molar refractivity (Wildman–Crippen MR) is 76.9 cm³/mol. The lowest BCUT2D eigenvalue weighted by Crippen LogP contribution is -2.31. The largest absolute Gasteiger partial charge is 0.274 e. The van der Waals surface area contributed by atoms with E-state index < -0.39 is 32.5 Å². The Bertz CT molecular complexity index is 790. The summed E-state index contributed by atoms with van der Waals surface area (Å²) >= 11 is 1.35. The fraction of sp³-hybridized carbons (Fsp3) is 0.231. The van der Waals surface area contributed by atoms with Crippen LogP contribution in [0.3, 0.4) is 0 Å². The van der Waals surface area contributed by atoms with E-state index in [9.17, 15) is 22.0 Å². The third-order valence-corrected chi connectivity index (χ3v) is 4.87. The second-order valence-electron chi connectivity index (χ2n) is 4.54. The first kappa shape index (κ1) is 16.5. The van der Waals surface area contributed by atoms with Crippen LogP contribution in [0.25, 0.3) is 0 Å². The van der Waals surface area contributed by atoms with E-state index in [1.165, 1.54) is 18.3 Å². The van der Waals surface area contributed by atoms with Gasteiger partial charge in [-0.05, 0) is 31.0 Å². The quantitative estimate of drug-likeness (QED) is 0.900.